The van der Waals surface area contributed by atoms with Crippen molar-refractivity contribution in [2.24, 2.45) is 0 Å². The summed E-state index contributed by atoms with van der Waals surface area (Å²) in [4.78, 5) is 9.02. The number of nitrogens with zero attached hydrogens (tertiary/aromatic N) is 2. The second-order valence-electron chi connectivity index (χ2n) is 5.75. The molecule has 3 aromatic rings. The molecule has 0 aliphatic rings. The zero-order valence-electron chi connectivity index (χ0n) is 13.9. The number of para-hydroxylation sites is 1. The molecule has 0 aliphatic carbocycles. The number of aryl methyl sites for hydroxylation is 3. The minimum atomic E-state index is 0.563. The predicted octanol–water partition coefficient (Wildman–Crippen LogP) is 5.65. The molecule has 2 aromatic carbocycles. The first kappa shape index (κ1) is 16.5. The van der Waals surface area contributed by atoms with E-state index in [1.165, 1.54) is 11.1 Å². The first-order chi connectivity index (χ1) is 11.5. The van der Waals surface area contributed by atoms with Crippen LogP contribution < -0.4 is 10.6 Å². The number of nitrogens with one attached hydrogen (secondary N) is 2. The molecular weight excluding hydrogens is 364 g/mol. The van der Waals surface area contributed by atoms with E-state index in [0.29, 0.717) is 5.95 Å². The van der Waals surface area contributed by atoms with Crippen molar-refractivity contribution in [2.75, 3.05) is 10.6 Å². The van der Waals surface area contributed by atoms with E-state index in [0.717, 1.165) is 27.4 Å². The fraction of sp³-hybridized carbons (Fsp3) is 0.158. The molecule has 4 nitrogen and oxygen atoms in total. The van der Waals surface area contributed by atoms with Crippen molar-refractivity contribution in [2.45, 2.75) is 20.8 Å². The largest absolute Gasteiger partial charge is 0.340 e. The summed E-state index contributed by atoms with van der Waals surface area (Å²) in [6.07, 6.45) is 0. The first-order valence-electron chi connectivity index (χ1n) is 7.73. The second-order valence-corrected chi connectivity index (χ2v) is 6.60. The Morgan fingerprint density at radius 2 is 1.62 bits per heavy atom. The van der Waals surface area contributed by atoms with Gasteiger partial charge in [-0.25, -0.2) is 4.98 Å². The number of hydrogen-bond donors (Lipinski definition) is 2. The highest BCUT2D eigenvalue weighted by Crippen LogP contribution is 2.25. The van der Waals surface area contributed by atoms with Gasteiger partial charge in [-0.1, -0.05) is 18.2 Å². The Labute approximate surface area is 150 Å². The summed E-state index contributed by atoms with van der Waals surface area (Å²) in [6, 6.07) is 16.1. The van der Waals surface area contributed by atoms with Gasteiger partial charge < -0.3 is 10.6 Å². The normalized spacial score (nSPS) is 10.5. The van der Waals surface area contributed by atoms with Crippen LogP contribution in [0.25, 0.3) is 0 Å². The molecule has 0 aliphatic heterocycles. The summed E-state index contributed by atoms with van der Waals surface area (Å²) in [5.41, 5.74) is 5.36. The fourth-order valence-electron chi connectivity index (χ4n) is 2.34. The van der Waals surface area contributed by atoms with Gasteiger partial charge in [-0.05, 0) is 72.1 Å². The van der Waals surface area contributed by atoms with E-state index in [1.807, 2.05) is 37.3 Å². The molecule has 24 heavy (non-hydrogen) atoms. The van der Waals surface area contributed by atoms with Gasteiger partial charge in [-0.2, -0.15) is 4.98 Å². The van der Waals surface area contributed by atoms with E-state index in [9.17, 15) is 0 Å². The van der Waals surface area contributed by atoms with Crippen molar-refractivity contribution in [3.63, 3.8) is 0 Å². The highest BCUT2D eigenvalue weighted by Gasteiger charge is 2.06. The summed E-state index contributed by atoms with van der Waals surface area (Å²) < 4.78 is 0.971. The zero-order valence-corrected chi connectivity index (χ0v) is 15.5. The first-order valence-corrected chi connectivity index (χ1v) is 8.52. The van der Waals surface area contributed by atoms with Crippen molar-refractivity contribution in [1.29, 1.82) is 0 Å². The number of anilines is 4. The van der Waals surface area contributed by atoms with Gasteiger partial charge in [0.05, 0.1) is 5.69 Å². The number of hydrogen-bond acceptors (Lipinski definition) is 4. The van der Waals surface area contributed by atoms with Crippen LogP contribution in [0.5, 0.6) is 0 Å². The van der Waals surface area contributed by atoms with Gasteiger partial charge >= 0.3 is 0 Å². The maximum atomic E-state index is 4.56. The molecule has 1 aromatic heterocycles. The van der Waals surface area contributed by atoms with Crippen LogP contribution in [-0.4, -0.2) is 9.97 Å². The summed E-state index contributed by atoms with van der Waals surface area (Å²) in [5.74, 6) is 1.33. The van der Waals surface area contributed by atoms with Gasteiger partial charge in [0.1, 0.15) is 5.82 Å². The highest BCUT2D eigenvalue weighted by molar-refractivity contribution is 9.10. The number of halogens is 1. The van der Waals surface area contributed by atoms with Crippen LogP contribution in [0.3, 0.4) is 0 Å². The Balaban J connectivity index is 1.86. The van der Waals surface area contributed by atoms with E-state index < -0.39 is 0 Å². The smallest absolute Gasteiger partial charge is 0.229 e. The Bertz CT molecular complexity index is 877. The van der Waals surface area contributed by atoms with Crippen LogP contribution >= 0.6 is 15.9 Å². The topological polar surface area (TPSA) is 49.8 Å². The lowest BCUT2D eigenvalue weighted by Crippen LogP contribution is -2.03. The summed E-state index contributed by atoms with van der Waals surface area (Å²) in [7, 11) is 0. The Hall–Kier alpha value is -2.40. The summed E-state index contributed by atoms with van der Waals surface area (Å²) in [5, 5.41) is 6.60. The fourth-order valence-corrected chi connectivity index (χ4v) is 2.72. The SMILES string of the molecule is Cc1cc(Nc2ccc(C)c(C)c2)nc(Nc2ccccc2Br)n1. The molecule has 1 heterocycles. The lowest BCUT2D eigenvalue weighted by Gasteiger charge is -2.12. The number of benzene rings is 2. The van der Waals surface area contributed by atoms with Crippen molar-refractivity contribution in [3.05, 3.63) is 69.8 Å². The van der Waals surface area contributed by atoms with Crippen LogP contribution in [-0.2, 0) is 0 Å². The Morgan fingerprint density at radius 3 is 2.38 bits per heavy atom. The van der Waals surface area contributed by atoms with Crippen molar-refractivity contribution in [3.8, 4) is 0 Å². The third-order valence-corrected chi connectivity index (χ3v) is 4.45. The molecule has 0 fully saturated rings. The van der Waals surface area contributed by atoms with Crippen LogP contribution in [0.4, 0.5) is 23.1 Å². The minimum absolute atomic E-state index is 0.563. The number of aromatic nitrogens is 2. The third-order valence-electron chi connectivity index (χ3n) is 3.75. The summed E-state index contributed by atoms with van der Waals surface area (Å²) in [6.45, 7) is 6.16. The molecule has 0 atom stereocenters. The Kier molecular flexibility index (Phi) is 4.81. The highest BCUT2D eigenvalue weighted by atomic mass is 79.9. The molecule has 0 saturated heterocycles. The Morgan fingerprint density at radius 1 is 0.833 bits per heavy atom. The lowest BCUT2D eigenvalue weighted by atomic mass is 10.1. The maximum Gasteiger partial charge on any atom is 0.229 e. The van der Waals surface area contributed by atoms with Crippen LogP contribution in [0.1, 0.15) is 16.8 Å². The van der Waals surface area contributed by atoms with Crippen LogP contribution in [0, 0.1) is 20.8 Å². The molecule has 5 heteroatoms. The van der Waals surface area contributed by atoms with E-state index in [1.54, 1.807) is 0 Å². The van der Waals surface area contributed by atoms with Gasteiger partial charge in [0.2, 0.25) is 5.95 Å². The van der Waals surface area contributed by atoms with Crippen molar-refractivity contribution >= 4 is 39.1 Å². The minimum Gasteiger partial charge on any atom is -0.340 e. The molecule has 0 saturated carbocycles. The van der Waals surface area contributed by atoms with Crippen molar-refractivity contribution in [1.82, 2.24) is 9.97 Å². The van der Waals surface area contributed by atoms with E-state index >= 15 is 0 Å². The molecule has 0 spiro atoms. The summed E-state index contributed by atoms with van der Waals surface area (Å²) >= 11 is 3.53. The van der Waals surface area contributed by atoms with Gasteiger partial charge in [0.25, 0.3) is 0 Å². The van der Waals surface area contributed by atoms with Gasteiger partial charge in [-0.15, -0.1) is 0 Å². The molecule has 0 amide bonds. The molecule has 0 bridgehead atoms. The van der Waals surface area contributed by atoms with Gasteiger partial charge in [-0.3, -0.25) is 0 Å². The maximum absolute atomic E-state index is 4.56. The average molecular weight is 383 g/mol. The van der Waals surface area contributed by atoms with E-state index in [4.69, 9.17) is 0 Å². The van der Waals surface area contributed by atoms with Gasteiger partial charge in [0.15, 0.2) is 0 Å². The van der Waals surface area contributed by atoms with E-state index in [2.05, 4.69) is 68.6 Å². The predicted molar refractivity (Wildman–Crippen MR) is 103 cm³/mol. The molecule has 2 N–H and O–H groups in total. The average Bonchev–Trinajstić information content (AvgIpc) is 2.53. The molecule has 0 unspecified atom stereocenters. The monoisotopic (exact) mass is 382 g/mol. The number of rotatable bonds is 4. The standard InChI is InChI=1S/C19H19BrN4/c1-12-8-9-15(10-13(12)2)22-18-11-14(3)21-19(24-18)23-17-7-5-4-6-16(17)20/h4-11H,1-3H3,(H2,21,22,23,24). The molecule has 0 radical (unpaired) electrons. The third kappa shape index (κ3) is 3.92. The molecular formula is C19H19BrN4. The second kappa shape index (κ2) is 7.01. The van der Waals surface area contributed by atoms with Crippen molar-refractivity contribution < 1.29 is 0 Å². The van der Waals surface area contributed by atoms with Crippen LogP contribution in [0.15, 0.2) is 53.0 Å². The van der Waals surface area contributed by atoms with E-state index in [-0.39, 0.29) is 0 Å². The van der Waals surface area contributed by atoms with Gasteiger partial charge in [0, 0.05) is 21.9 Å². The zero-order chi connectivity index (χ0) is 17.1. The lowest BCUT2D eigenvalue weighted by molar-refractivity contribution is 1.11. The van der Waals surface area contributed by atoms with Crippen LogP contribution in [0.2, 0.25) is 0 Å². The molecule has 122 valence electrons. The quantitative estimate of drug-likeness (QED) is 0.611. The molecule has 3 rings (SSSR count).